The van der Waals surface area contributed by atoms with Crippen LogP contribution in [0, 0.1) is 0 Å². The van der Waals surface area contributed by atoms with Crippen molar-refractivity contribution in [2.24, 2.45) is 5.73 Å². The summed E-state index contributed by atoms with van der Waals surface area (Å²) in [5, 5.41) is 0.245. The van der Waals surface area contributed by atoms with E-state index in [1.165, 1.54) is 0 Å². The first kappa shape index (κ1) is 13.1. The van der Waals surface area contributed by atoms with E-state index in [4.69, 9.17) is 10.5 Å². The van der Waals surface area contributed by atoms with Gasteiger partial charge in [-0.2, -0.15) is 0 Å². The molecule has 0 bridgehead atoms. The molecular weight excluding hydrogens is 186 g/mol. The third-order valence-electron chi connectivity index (χ3n) is 2.04. The van der Waals surface area contributed by atoms with Crippen LogP contribution in [0.2, 0.25) is 0 Å². The lowest BCUT2D eigenvalue weighted by Gasteiger charge is -2.16. The highest BCUT2D eigenvalue weighted by molar-refractivity contribution is 7.85. The van der Waals surface area contributed by atoms with Gasteiger partial charge >= 0.3 is 0 Å². The Labute approximate surface area is 83.5 Å². The molecule has 0 aromatic heterocycles. The van der Waals surface area contributed by atoms with E-state index in [2.05, 4.69) is 0 Å². The van der Waals surface area contributed by atoms with Crippen molar-refractivity contribution in [3.05, 3.63) is 0 Å². The number of nitrogens with two attached hydrogens (primary N) is 1. The minimum absolute atomic E-state index is 0.0418. The van der Waals surface area contributed by atoms with Gasteiger partial charge in [0, 0.05) is 29.2 Å². The second kappa shape index (κ2) is 7.47. The van der Waals surface area contributed by atoms with Crippen LogP contribution in [-0.4, -0.2) is 34.5 Å². The minimum Gasteiger partial charge on any atom is -0.376 e. The minimum atomic E-state index is -0.801. The van der Waals surface area contributed by atoms with E-state index >= 15 is 0 Å². The van der Waals surface area contributed by atoms with Crippen molar-refractivity contribution in [1.82, 2.24) is 0 Å². The quantitative estimate of drug-likeness (QED) is 0.675. The van der Waals surface area contributed by atoms with E-state index in [0.29, 0.717) is 18.9 Å². The van der Waals surface area contributed by atoms with Crippen LogP contribution in [0.4, 0.5) is 0 Å². The lowest BCUT2D eigenvalue weighted by atomic mass is 10.4. The molecule has 3 nitrogen and oxygen atoms in total. The normalized spacial score (nSPS) is 18.2. The van der Waals surface area contributed by atoms with Gasteiger partial charge in [-0.1, -0.05) is 13.8 Å². The Balaban J connectivity index is 3.85. The molecule has 3 unspecified atom stereocenters. The standard InChI is InChI=1S/C9H21NO2S/c1-4-8(3)13(11)7-9(6-10)12-5-2/h8-9H,4-7,10H2,1-3H3. The van der Waals surface area contributed by atoms with Crippen LogP contribution in [0.15, 0.2) is 0 Å². The molecule has 2 N–H and O–H groups in total. The zero-order chi connectivity index (χ0) is 10.3. The molecule has 0 aromatic rings. The zero-order valence-electron chi connectivity index (χ0n) is 8.79. The number of hydrogen-bond donors (Lipinski definition) is 1. The molecule has 0 saturated heterocycles. The van der Waals surface area contributed by atoms with E-state index in [0.717, 1.165) is 6.42 Å². The Morgan fingerprint density at radius 3 is 2.46 bits per heavy atom. The fourth-order valence-corrected chi connectivity index (χ4v) is 2.25. The highest BCUT2D eigenvalue weighted by Gasteiger charge is 2.15. The fourth-order valence-electron chi connectivity index (χ4n) is 0.953. The Kier molecular flexibility index (Phi) is 7.51. The summed E-state index contributed by atoms with van der Waals surface area (Å²) in [5.74, 6) is 0.569. The van der Waals surface area contributed by atoms with Gasteiger partial charge in [0.15, 0.2) is 0 Å². The number of ether oxygens (including phenoxy) is 1. The van der Waals surface area contributed by atoms with Crippen LogP contribution < -0.4 is 5.73 Å². The highest BCUT2D eigenvalue weighted by atomic mass is 32.2. The van der Waals surface area contributed by atoms with Crippen LogP contribution in [-0.2, 0) is 15.5 Å². The molecule has 80 valence electrons. The maximum atomic E-state index is 11.6. The van der Waals surface area contributed by atoms with Gasteiger partial charge in [-0.15, -0.1) is 0 Å². The second-order valence-corrected chi connectivity index (χ2v) is 4.98. The lowest BCUT2D eigenvalue weighted by Crippen LogP contribution is -2.32. The van der Waals surface area contributed by atoms with Gasteiger partial charge in [-0.25, -0.2) is 0 Å². The topological polar surface area (TPSA) is 52.3 Å². The van der Waals surface area contributed by atoms with Crippen LogP contribution >= 0.6 is 0 Å². The van der Waals surface area contributed by atoms with Crippen molar-refractivity contribution < 1.29 is 8.95 Å². The largest absolute Gasteiger partial charge is 0.376 e. The first-order valence-electron chi connectivity index (χ1n) is 4.84. The van der Waals surface area contributed by atoms with E-state index in [-0.39, 0.29) is 11.4 Å². The Morgan fingerprint density at radius 1 is 1.46 bits per heavy atom. The van der Waals surface area contributed by atoms with Gasteiger partial charge in [0.1, 0.15) is 0 Å². The molecular formula is C9H21NO2S. The summed E-state index contributed by atoms with van der Waals surface area (Å²) < 4.78 is 16.9. The average molecular weight is 207 g/mol. The molecule has 4 heteroatoms. The fraction of sp³-hybridized carbons (Fsp3) is 1.00. The highest BCUT2D eigenvalue weighted by Crippen LogP contribution is 2.04. The number of hydrogen-bond acceptors (Lipinski definition) is 3. The molecule has 0 aliphatic heterocycles. The first-order valence-corrected chi connectivity index (χ1v) is 6.22. The van der Waals surface area contributed by atoms with Crippen molar-refractivity contribution in [3.8, 4) is 0 Å². The van der Waals surface area contributed by atoms with E-state index in [9.17, 15) is 4.21 Å². The molecule has 0 fully saturated rings. The van der Waals surface area contributed by atoms with Crippen molar-refractivity contribution in [2.75, 3.05) is 18.9 Å². The summed E-state index contributed by atoms with van der Waals surface area (Å²) in [6, 6.07) is 0. The van der Waals surface area contributed by atoms with Gasteiger partial charge in [-0.3, -0.25) is 4.21 Å². The average Bonchev–Trinajstić information content (AvgIpc) is 2.15. The Hall–Kier alpha value is 0.0700. The summed E-state index contributed by atoms with van der Waals surface area (Å²) in [7, 11) is -0.801. The maximum absolute atomic E-state index is 11.6. The molecule has 0 aliphatic carbocycles. The van der Waals surface area contributed by atoms with E-state index in [1.807, 2.05) is 20.8 Å². The molecule has 0 rings (SSSR count). The predicted octanol–water partition coefficient (Wildman–Crippen LogP) is 0.897. The lowest BCUT2D eigenvalue weighted by molar-refractivity contribution is 0.0851. The molecule has 0 amide bonds. The molecule has 0 radical (unpaired) electrons. The van der Waals surface area contributed by atoms with Gasteiger partial charge in [0.05, 0.1) is 11.9 Å². The molecule has 13 heavy (non-hydrogen) atoms. The van der Waals surface area contributed by atoms with Gasteiger partial charge in [0.25, 0.3) is 0 Å². The van der Waals surface area contributed by atoms with Gasteiger partial charge in [-0.05, 0) is 13.3 Å². The van der Waals surface area contributed by atoms with Crippen molar-refractivity contribution in [1.29, 1.82) is 0 Å². The van der Waals surface area contributed by atoms with Crippen LogP contribution in [0.1, 0.15) is 27.2 Å². The molecule has 0 aliphatic rings. The van der Waals surface area contributed by atoms with Crippen LogP contribution in [0.3, 0.4) is 0 Å². The Morgan fingerprint density at radius 2 is 2.08 bits per heavy atom. The summed E-state index contributed by atoms with van der Waals surface area (Å²) >= 11 is 0. The van der Waals surface area contributed by atoms with Crippen molar-refractivity contribution in [3.63, 3.8) is 0 Å². The number of rotatable bonds is 7. The smallest absolute Gasteiger partial charge is 0.0812 e. The third kappa shape index (κ3) is 5.39. The van der Waals surface area contributed by atoms with Crippen molar-refractivity contribution >= 4 is 10.8 Å². The molecule has 0 aromatic carbocycles. The molecule has 0 spiro atoms. The summed E-state index contributed by atoms with van der Waals surface area (Å²) in [6.45, 7) is 7.06. The van der Waals surface area contributed by atoms with Crippen LogP contribution in [0.25, 0.3) is 0 Å². The van der Waals surface area contributed by atoms with Gasteiger partial charge in [0.2, 0.25) is 0 Å². The SMILES string of the molecule is CCOC(CN)CS(=O)C(C)CC. The first-order chi connectivity index (χ1) is 6.15. The van der Waals surface area contributed by atoms with Crippen molar-refractivity contribution in [2.45, 2.75) is 38.5 Å². The predicted molar refractivity (Wildman–Crippen MR) is 57.2 cm³/mol. The molecule has 0 heterocycles. The second-order valence-electron chi connectivity index (χ2n) is 3.08. The maximum Gasteiger partial charge on any atom is 0.0812 e. The van der Waals surface area contributed by atoms with Crippen LogP contribution in [0.5, 0.6) is 0 Å². The Bertz CT molecular complexity index is 153. The monoisotopic (exact) mass is 207 g/mol. The molecule has 0 saturated carbocycles. The summed E-state index contributed by atoms with van der Waals surface area (Å²) in [4.78, 5) is 0. The summed E-state index contributed by atoms with van der Waals surface area (Å²) in [6.07, 6.45) is 0.899. The van der Waals surface area contributed by atoms with E-state index < -0.39 is 10.8 Å². The molecule has 3 atom stereocenters. The van der Waals surface area contributed by atoms with E-state index in [1.54, 1.807) is 0 Å². The van der Waals surface area contributed by atoms with Gasteiger partial charge < -0.3 is 10.5 Å². The summed E-state index contributed by atoms with van der Waals surface area (Å²) in [5.41, 5.74) is 5.49. The zero-order valence-corrected chi connectivity index (χ0v) is 9.60. The third-order valence-corrected chi connectivity index (χ3v) is 3.97.